The second kappa shape index (κ2) is 5.57. The van der Waals surface area contributed by atoms with Crippen LogP contribution in [0.25, 0.3) is 0 Å². The van der Waals surface area contributed by atoms with Crippen LogP contribution in [-0.2, 0) is 0 Å². The molecule has 1 saturated carbocycles. The average molecular weight is 232 g/mol. The van der Waals surface area contributed by atoms with Gasteiger partial charge in [-0.3, -0.25) is 4.98 Å². The van der Waals surface area contributed by atoms with E-state index in [9.17, 15) is 0 Å². The maximum atomic E-state index is 5.92. The summed E-state index contributed by atoms with van der Waals surface area (Å²) in [5, 5.41) is 0. The van der Waals surface area contributed by atoms with Crippen LogP contribution in [0, 0.1) is 5.92 Å². The zero-order valence-electron chi connectivity index (χ0n) is 8.03. The molecule has 1 aromatic heterocycles. The molecule has 0 spiro atoms. The smallest absolute Gasteiger partial charge is 0.0437 e. The highest BCUT2D eigenvalue weighted by molar-refractivity contribution is 6.18. The van der Waals surface area contributed by atoms with Crippen LogP contribution in [0.1, 0.15) is 30.9 Å². The molecule has 0 amide bonds. The van der Waals surface area contributed by atoms with Gasteiger partial charge in [0.25, 0.3) is 0 Å². The van der Waals surface area contributed by atoms with Crippen LogP contribution in [0.2, 0.25) is 0 Å². The van der Waals surface area contributed by atoms with E-state index in [1.807, 2.05) is 12.3 Å². The largest absolute Gasteiger partial charge is 0.261 e. The van der Waals surface area contributed by atoms with Crippen molar-refractivity contribution in [2.24, 2.45) is 5.92 Å². The molecular formula is C11H15Cl2N. The van der Waals surface area contributed by atoms with Crippen molar-refractivity contribution in [2.45, 2.75) is 25.2 Å². The summed E-state index contributed by atoms with van der Waals surface area (Å²) in [6, 6.07) is 6.15. The Bertz CT molecular complexity index is 263. The van der Waals surface area contributed by atoms with Crippen molar-refractivity contribution in [3.05, 3.63) is 30.1 Å². The second-order valence-electron chi connectivity index (χ2n) is 3.71. The highest BCUT2D eigenvalue weighted by Gasteiger charge is 2.28. The number of pyridine rings is 1. The monoisotopic (exact) mass is 231 g/mol. The van der Waals surface area contributed by atoms with Crippen molar-refractivity contribution in [1.29, 1.82) is 0 Å². The van der Waals surface area contributed by atoms with Gasteiger partial charge in [-0.05, 0) is 30.9 Å². The second-order valence-corrected chi connectivity index (χ2v) is 4.01. The molecule has 0 N–H and O–H groups in total. The van der Waals surface area contributed by atoms with Gasteiger partial charge in [-0.15, -0.1) is 24.0 Å². The predicted octanol–water partition coefficient (Wildman–Crippen LogP) is 3.63. The van der Waals surface area contributed by atoms with Gasteiger partial charge in [0.2, 0.25) is 0 Å². The molecule has 1 heterocycles. The third kappa shape index (κ3) is 2.40. The molecule has 1 aromatic rings. The van der Waals surface area contributed by atoms with E-state index in [4.69, 9.17) is 11.6 Å². The molecule has 2 atom stereocenters. The van der Waals surface area contributed by atoms with E-state index in [1.165, 1.54) is 25.0 Å². The van der Waals surface area contributed by atoms with Gasteiger partial charge in [0.1, 0.15) is 0 Å². The fourth-order valence-electron chi connectivity index (χ4n) is 2.21. The maximum absolute atomic E-state index is 5.92. The summed E-state index contributed by atoms with van der Waals surface area (Å²) in [6.07, 6.45) is 5.71. The molecule has 0 aliphatic heterocycles. The van der Waals surface area contributed by atoms with E-state index in [0.717, 1.165) is 5.88 Å². The first-order valence-corrected chi connectivity index (χ1v) is 5.42. The van der Waals surface area contributed by atoms with Crippen molar-refractivity contribution in [3.8, 4) is 0 Å². The van der Waals surface area contributed by atoms with Gasteiger partial charge in [0.15, 0.2) is 0 Å². The van der Waals surface area contributed by atoms with Crippen LogP contribution < -0.4 is 0 Å². The Labute approximate surface area is 96.3 Å². The molecular weight excluding hydrogens is 217 g/mol. The quantitative estimate of drug-likeness (QED) is 0.709. The summed E-state index contributed by atoms with van der Waals surface area (Å²) in [5.41, 5.74) is 1.23. The van der Waals surface area contributed by atoms with Gasteiger partial charge in [-0.2, -0.15) is 0 Å². The minimum absolute atomic E-state index is 0. The SMILES string of the molecule is Cl.ClCC1CCCC1c1ccccn1. The Morgan fingerprint density at radius 1 is 1.36 bits per heavy atom. The molecule has 0 radical (unpaired) electrons. The fourth-order valence-corrected chi connectivity index (χ4v) is 2.58. The van der Waals surface area contributed by atoms with Crippen LogP contribution in [0.15, 0.2) is 24.4 Å². The lowest BCUT2D eigenvalue weighted by Crippen LogP contribution is -2.08. The lowest BCUT2D eigenvalue weighted by atomic mass is 9.94. The highest BCUT2D eigenvalue weighted by atomic mass is 35.5. The Morgan fingerprint density at radius 3 is 2.86 bits per heavy atom. The van der Waals surface area contributed by atoms with Crippen LogP contribution in [0.3, 0.4) is 0 Å². The number of hydrogen-bond donors (Lipinski definition) is 0. The van der Waals surface area contributed by atoms with E-state index in [0.29, 0.717) is 11.8 Å². The minimum Gasteiger partial charge on any atom is -0.261 e. The molecule has 1 aliphatic carbocycles. The Kier molecular flexibility index (Phi) is 4.70. The third-order valence-electron chi connectivity index (χ3n) is 2.92. The van der Waals surface area contributed by atoms with Crippen molar-refractivity contribution >= 4 is 24.0 Å². The highest BCUT2D eigenvalue weighted by Crippen LogP contribution is 2.39. The topological polar surface area (TPSA) is 12.9 Å². The number of nitrogens with zero attached hydrogens (tertiary/aromatic N) is 1. The summed E-state index contributed by atoms with van der Waals surface area (Å²) in [5.74, 6) is 2.04. The molecule has 14 heavy (non-hydrogen) atoms. The zero-order chi connectivity index (χ0) is 9.10. The van der Waals surface area contributed by atoms with Crippen molar-refractivity contribution in [2.75, 3.05) is 5.88 Å². The van der Waals surface area contributed by atoms with Gasteiger partial charge in [0.05, 0.1) is 0 Å². The van der Waals surface area contributed by atoms with Crippen LogP contribution in [0.5, 0.6) is 0 Å². The molecule has 2 unspecified atom stereocenters. The predicted molar refractivity (Wildman–Crippen MR) is 62.3 cm³/mol. The lowest BCUT2D eigenvalue weighted by molar-refractivity contribution is 0.528. The van der Waals surface area contributed by atoms with Gasteiger partial charge in [0, 0.05) is 23.7 Å². The first-order chi connectivity index (χ1) is 6.42. The minimum atomic E-state index is 0. The molecule has 3 heteroatoms. The summed E-state index contributed by atoms with van der Waals surface area (Å²) in [4.78, 5) is 4.40. The first-order valence-electron chi connectivity index (χ1n) is 4.88. The summed E-state index contributed by atoms with van der Waals surface area (Å²) >= 11 is 5.92. The van der Waals surface area contributed by atoms with Crippen molar-refractivity contribution < 1.29 is 0 Å². The fraction of sp³-hybridized carbons (Fsp3) is 0.545. The number of halogens is 2. The molecule has 1 nitrogen and oxygen atoms in total. The molecule has 1 aliphatic rings. The van der Waals surface area contributed by atoms with Crippen molar-refractivity contribution in [1.82, 2.24) is 4.98 Å². The summed E-state index contributed by atoms with van der Waals surface area (Å²) < 4.78 is 0. The maximum Gasteiger partial charge on any atom is 0.0437 e. The number of alkyl halides is 1. The van der Waals surface area contributed by atoms with Crippen LogP contribution in [0.4, 0.5) is 0 Å². The lowest BCUT2D eigenvalue weighted by Gasteiger charge is -2.15. The Morgan fingerprint density at radius 2 is 2.21 bits per heavy atom. The van der Waals surface area contributed by atoms with Gasteiger partial charge in [-0.25, -0.2) is 0 Å². The standard InChI is InChI=1S/C11H14ClN.ClH/c12-8-9-4-3-5-10(9)11-6-1-2-7-13-11;/h1-2,6-7,9-10H,3-5,8H2;1H. The van der Waals surface area contributed by atoms with Gasteiger partial charge in [-0.1, -0.05) is 12.5 Å². The third-order valence-corrected chi connectivity index (χ3v) is 3.32. The molecule has 2 rings (SSSR count). The van der Waals surface area contributed by atoms with Gasteiger partial charge < -0.3 is 0 Å². The van der Waals surface area contributed by atoms with Crippen LogP contribution >= 0.6 is 24.0 Å². The average Bonchev–Trinajstić information content (AvgIpc) is 2.67. The molecule has 0 saturated heterocycles. The van der Waals surface area contributed by atoms with Gasteiger partial charge >= 0.3 is 0 Å². The van der Waals surface area contributed by atoms with E-state index in [2.05, 4.69) is 17.1 Å². The van der Waals surface area contributed by atoms with Crippen LogP contribution in [-0.4, -0.2) is 10.9 Å². The molecule has 0 bridgehead atoms. The summed E-state index contributed by atoms with van der Waals surface area (Å²) in [6.45, 7) is 0. The number of aromatic nitrogens is 1. The summed E-state index contributed by atoms with van der Waals surface area (Å²) in [7, 11) is 0. The van der Waals surface area contributed by atoms with E-state index in [1.54, 1.807) is 0 Å². The zero-order valence-corrected chi connectivity index (χ0v) is 9.60. The molecule has 78 valence electrons. The van der Waals surface area contributed by atoms with E-state index >= 15 is 0 Å². The number of rotatable bonds is 2. The van der Waals surface area contributed by atoms with Crippen molar-refractivity contribution in [3.63, 3.8) is 0 Å². The molecule has 1 fully saturated rings. The normalized spacial score (nSPS) is 25.8. The molecule has 0 aromatic carbocycles. The van der Waals surface area contributed by atoms with E-state index in [-0.39, 0.29) is 12.4 Å². The first kappa shape index (κ1) is 11.8. The van der Waals surface area contributed by atoms with E-state index < -0.39 is 0 Å². The number of hydrogen-bond acceptors (Lipinski definition) is 1. The Balaban J connectivity index is 0.000000980. The Hall–Kier alpha value is -0.270.